The first-order valence-electron chi connectivity index (χ1n) is 11.3. The maximum absolute atomic E-state index is 6.62. The SMILES string of the molecule is Cc1ccc2c(oc3cc4ccc5ccccc5c4cc32)c1-c1n(C)c2ccccc2[n+]1C. The van der Waals surface area contributed by atoms with Gasteiger partial charge in [-0.15, -0.1) is 0 Å². The summed E-state index contributed by atoms with van der Waals surface area (Å²) in [5.74, 6) is 1.15. The van der Waals surface area contributed by atoms with Crippen molar-refractivity contribution in [2.45, 2.75) is 6.92 Å². The van der Waals surface area contributed by atoms with Crippen LogP contribution in [0.2, 0.25) is 0 Å². The van der Waals surface area contributed by atoms with E-state index in [1.54, 1.807) is 0 Å². The number of aromatic nitrogens is 2. The summed E-state index contributed by atoms with van der Waals surface area (Å²) < 4.78 is 11.2. The van der Waals surface area contributed by atoms with Crippen molar-refractivity contribution < 1.29 is 8.98 Å². The molecule has 0 radical (unpaired) electrons. The normalized spacial score (nSPS) is 12.1. The molecule has 0 saturated heterocycles. The number of benzene rings is 5. The molecule has 158 valence electrons. The number of furan rings is 1. The first-order chi connectivity index (χ1) is 16.1. The Morgan fingerprint density at radius 3 is 2.39 bits per heavy atom. The third-order valence-corrected chi connectivity index (χ3v) is 7.18. The molecule has 0 unspecified atom stereocenters. The standard InChI is InChI=1S/C30H23N2O/c1-18-12-15-22-24-17-23-20(14-13-19-8-4-5-9-21(19)23)16-27(24)33-29(22)28(18)30-31(2)25-10-6-7-11-26(25)32(30)3/h4-17H,1-3H3/q+1. The minimum atomic E-state index is 0.932. The van der Waals surface area contributed by atoms with Crippen molar-refractivity contribution in [3.05, 3.63) is 90.5 Å². The van der Waals surface area contributed by atoms with Gasteiger partial charge in [0.1, 0.15) is 11.1 Å². The average molecular weight is 428 g/mol. The third kappa shape index (κ3) is 2.42. The molecule has 0 saturated carbocycles. The fourth-order valence-corrected chi connectivity index (χ4v) is 5.54. The van der Waals surface area contributed by atoms with Crippen molar-refractivity contribution in [2.24, 2.45) is 14.1 Å². The first-order valence-corrected chi connectivity index (χ1v) is 11.3. The monoisotopic (exact) mass is 427 g/mol. The third-order valence-electron chi connectivity index (χ3n) is 7.18. The zero-order valence-corrected chi connectivity index (χ0v) is 18.9. The van der Waals surface area contributed by atoms with Gasteiger partial charge in [0.15, 0.2) is 16.6 Å². The summed E-state index contributed by atoms with van der Waals surface area (Å²) in [7, 11) is 4.28. The van der Waals surface area contributed by atoms with Gasteiger partial charge in [0.05, 0.1) is 14.1 Å². The van der Waals surface area contributed by atoms with E-state index in [9.17, 15) is 0 Å². The van der Waals surface area contributed by atoms with Crippen LogP contribution in [0.4, 0.5) is 0 Å². The molecule has 0 aliphatic rings. The second-order valence-electron chi connectivity index (χ2n) is 9.02. The fourth-order valence-electron chi connectivity index (χ4n) is 5.54. The molecule has 0 amide bonds. The molecular weight excluding hydrogens is 404 g/mol. The molecule has 2 aromatic heterocycles. The van der Waals surface area contributed by atoms with E-state index in [1.165, 1.54) is 38.1 Å². The van der Waals surface area contributed by atoms with Crippen LogP contribution in [0.5, 0.6) is 0 Å². The quantitative estimate of drug-likeness (QED) is 0.201. The van der Waals surface area contributed by atoms with E-state index in [0.717, 1.165) is 33.3 Å². The topological polar surface area (TPSA) is 21.9 Å². The maximum Gasteiger partial charge on any atom is 0.293 e. The lowest BCUT2D eigenvalue weighted by Gasteiger charge is -2.05. The van der Waals surface area contributed by atoms with E-state index in [4.69, 9.17) is 4.42 Å². The molecule has 0 atom stereocenters. The van der Waals surface area contributed by atoms with Crippen LogP contribution in [0.1, 0.15) is 5.56 Å². The Hall–Kier alpha value is -4.11. The van der Waals surface area contributed by atoms with Gasteiger partial charge in [-0.3, -0.25) is 0 Å². The molecule has 0 aliphatic heterocycles. The van der Waals surface area contributed by atoms with Gasteiger partial charge >= 0.3 is 0 Å². The number of aryl methyl sites for hydroxylation is 3. The molecule has 33 heavy (non-hydrogen) atoms. The van der Waals surface area contributed by atoms with Crippen LogP contribution >= 0.6 is 0 Å². The molecule has 5 aromatic carbocycles. The van der Waals surface area contributed by atoms with E-state index in [2.05, 4.69) is 115 Å². The van der Waals surface area contributed by atoms with Gasteiger partial charge in [-0.1, -0.05) is 60.7 Å². The molecule has 0 bridgehead atoms. The Labute approximate surface area is 191 Å². The van der Waals surface area contributed by atoms with Crippen LogP contribution in [0.25, 0.3) is 65.9 Å². The first kappa shape index (κ1) is 18.5. The predicted molar refractivity (Wildman–Crippen MR) is 137 cm³/mol. The number of hydrogen-bond donors (Lipinski definition) is 0. The van der Waals surface area contributed by atoms with Gasteiger partial charge < -0.3 is 4.42 Å². The fraction of sp³-hybridized carbons (Fsp3) is 0.100. The largest absolute Gasteiger partial charge is 0.455 e. The minimum absolute atomic E-state index is 0.932. The van der Waals surface area contributed by atoms with Crippen LogP contribution < -0.4 is 4.57 Å². The van der Waals surface area contributed by atoms with E-state index in [1.807, 2.05) is 0 Å². The van der Waals surface area contributed by atoms with Gasteiger partial charge in [0.25, 0.3) is 5.82 Å². The highest BCUT2D eigenvalue weighted by molar-refractivity contribution is 6.17. The van der Waals surface area contributed by atoms with Crippen molar-refractivity contribution in [2.75, 3.05) is 0 Å². The van der Waals surface area contributed by atoms with Gasteiger partial charge in [-0.05, 0) is 58.3 Å². The zero-order chi connectivity index (χ0) is 22.3. The Balaban J connectivity index is 1.62. The van der Waals surface area contributed by atoms with Crippen molar-refractivity contribution in [1.82, 2.24) is 4.57 Å². The summed E-state index contributed by atoms with van der Waals surface area (Å²) >= 11 is 0. The van der Waals surface area contributed by atoms with E-state index in [-0.39, 0.29) is 0 Å². The van der Waals surface area contributed by atoms with Crippen LogP contribution in [0.15, 0.2) is 89.3 Å². The highest BCUT2D eigenvalue weighted by atomic mass is 16.3. The summed E-state index contributed by atoms with van der Waals surface area (Å²) in [6.07, 6.45) is 0. The average Bonchev–Trinajstić information content (AvgIpc) is 3.32. The van der Waals surface area contributed by atoms with E-state index < -0.39 is 0 Å². The molecule has 3 heteroatoms. The van der Waals surface area contributed by atoms with Crippen molar-refractivity contribution >= 4 is 54.5 Å². The Kier molecular flexibility index (Phi) is 3.61. The Morgan fingerprint density at radius 1 is 0.727 bits per heavy atom. The predicted octanol–water partition coefficient (Wildman–Crippen LogP) is 7.18. The molecule has 7 aromatic rings. The number of imidazole rings is 1. The van der Waals surface area contributed by atoms with Crippen LogP contribution in [-0.4, -0.2) is 4.57 Å². The van der Waals surface area contributed by atoms with E-state index in [0.29, 0.717) is 0 Å². The number of rotatable bonds is 1. The summed E-state index contributed by atoms with van der Waals surface area (Å²) in [5, 5.41) is 7.33. The maximum atomic E-state index is 6.62. The summed E-state index contributed by atoms with van der Waals surface area (Å²) in [6, 6.07) is 30.4. The molecule has 0 aliphatic carbocycles. The van der Waals surface area contributed by atoms with Crippen LogP contribution in [0, 0.1) is 6.92 Å². The van der Waals surface area contributed by atoms with Gasteiger partial charge in [-0.2, -0.15) is 0 Å². The summed E-state index contributed by atoms with van der Waals surface area (Å²) in [6.45, 7) is 2.17. The lowest BCUT2D eigenvalue weighted by molar-refractivity contribution is -0.634. The van der Waals surface area contributed by atoms with Gasteiger partial charge in [0, 0.05) is 10.8 Å². The van der Waals surface area contributed by atoms with Crippen LogP contribution in [-0.2, 0) is 14.1 Å². The summed E-state index contributed by atoms with van der Waals surface area (Å²) in [4.78, 5) is 0. The van der Waals surface area contributed by atoms with Crippen molar-refractivity contribution in [3.63, 3.8) is 0 Å². The highest BCUT2D eigenvalue weighted by Crippen LogP contribution is 2.40. The molecule has 0 N–H and O–H groups in total. The molecule has 0 spiro atoms. The van der Waals surface area contributed by atoms with Gasteiger partial charge in [0.2, 0.25) is 0 Å². The lowest BCUT2D eigenvalue weighted by Crippen LogP contribution is -2.30. The van der Waals surface area contributed by atoms with Crippen molar-refractivity contribution in [1.29, 1.82) is 0 Å². The lowest BCUT2D eigenvalue weighted by atomic mass is 9.98. The molecule has 0 fully saturated rings. The van der Waals surface area contributed by atoms with E-state index >= 15 is 0 Å². The Morgan fingerprint density at radius 2 is 1.52 bits per heavy atom. The molecule has 7 rings (SSSR count). The van der Waals surface area contributed by atoms with Crippen molar-refractivity contribution in [3.8, 4) is 11.4 Å². The highest BCUT2D eigenvalue weighted by Gasteiger charge is 2.27. The Bertz CT molecular complexity index is 1860. The molecule has 3 nitrogen and oxygen atoms in total. The molecular formula is C30H23N2O+. The number of hydrogen-bond acceptors (Lipinski definition) is 1. The minimum Gasteiger partial charge on any atom is -0.455 e. The van der Waals surface area contributed by atoms with Crippen LogP contribution in [0.3, 0.4) is 0 Å². The second kappa shape index (κ2) is 6.46. The van der Waals surface area contributed by atoms with Gasteiger partial charge in [-0.25, -0.2) is 9.13 Å². The second-order valence-corrected chi connectivity index (χ2v) is 9.02. The number of para-hydroxylation sites is 2. The smallest absolute Gasteiger partial charge is 0.293 e. The number of nitrogens with zero attached hydrogens (tertiary/aromatic N) is 2. The molecule has 2 heterocycles. The number of fused-ring (bicyclic) bond motifs is 7. The zero-order valence-electron chi connectivity index (χ0n) is 18.9. The summed E-state index contributed by atoms with van der Waals surface area (Å²) in [5.41, 5.74) is 6.66.